The number of methoxy groups -OCH3 is 2. The Morgan fingerprint density at radius 2 is 1.50 bits per heavy atom. The quantitative estimate of drug-likeness (QED) is 0.492. The van der Waals surface area contributed by atoms with Crippen molar-refractivity contribution in [1.82, 2.24) is 5.32 Å². The molecule has 0 spiro atoms. The average Bonchev–Trinajstić information content (AvgIpc) is 2.81. The highest BCUT2D eigenvalue weighted by molar-refractivity contribution is 7.92. The molecule has 0 radical (unpaired) electrons. The van der Waals surface area contributed by atoms with E-state index >= 15 is 0 Å². The predicted octanol–water partition coefficient (Wildman–Crippen LogP) is 3.88. The molecule has 0 atom stereocenters. The van der Waals surface area contributed by atoms with Crippen molar-refractivity contribution >= 4 is 21.6 Å². The van der Waals surface area contributed by atoms with Gasteiger partial charge in [0.05, 0.1) is 27.0 Å². The number of sulfonamides is 1. The number of nitrogens with zero attached hydrogens (tertiary/aromatic N) is 1. The topological polar surface area (TPSA) is 84.9 Å². The molecule has 3 aromatic rings. The molecule has 0 aliphatic rings. The molecule has 0 saturated carbocycles. The smallest absolute Gasteiger partial charge is 0.251 e. The van der Waals surface area contributed by atoms with Gasteiger partial charge in [0.2, 0.25) is 10.0 Å². The van der Waals surface area contributed by atoms with Gasteiger partial charge in [-0.3, -0.25) is 9.10 Å². The normalized spacial score (nSPS) is 11.1. The Kier molecular flexibility index (Phi) is 7.72. The van der Waals surface area contributed by atoms with E-state index in [4.69, 9.17) is 9.47 Å². The standard InChI is InChI=1S/C24H24F2N2O5S/c1-32-21-12-9-17(13-22(21)33-2)14-27-24(29)18-10-7-16(8-11-18)15-28(34(3,30)31)23-19(25)5-4-6-20(23)26/h4-13H,14-15H2,1-3H3,(H,27,29). The highest BCUT2D eigenvalue weighted by Crippen LogP contribution is 2.28. The van der Waals surface area contributed by atoms with Gasteiger partial charge in [-0.15, -0.1) is 0 Å². The highest BCUT2D eigenvalue weighted by atomic mass is 32.2. The van der Waals surface area contributed by atoms with Gasteiger partial charge in [0.15, 0.2) is 23.1 Å². The fourth-order valence-electron chi connectivity index (χ4n) is 3.29. The average molecular weight is 491 g/mol. The molecule has 0 heterocycles. The van der Waals surface area contributed by atoms with Crippen LogP contribution in [0.3, 0.4) is 0 Å². The molecule has 0 fully saturated rings. The summed E-state index contributed by atoms with van der Waals surface area (Å²) >= 11 is 0. The number of benzene rings is 3. The molecular formula is C24H24F2N2O5S. The number of amides is 1. The van der Waals surface area contributed by atoms with Crippen LogP contribution in [0.4, 0.5) is 14.5 Å². The molecule has 3 rings (SSSR count). The lowest BCUT2D eigenvalue weighted by Crippen LogP contribution is -2.31. The summed E-state index contributed by atoms with van der Waals surface area (Å²) in [4.78, 5) is 12.5. The molecule has 1 amide bonds. The SMILES string of the molecule is COc1ccc(CNC(=O)c2ccc(CN(c3c(F)cccc3F)S(C)(=O)=O)cc2)cc1OC. The number of hydrogen-bond donors (Lipinski definition) is 1. The third-order valence-corrected chi connectivity index (χ3v) is 6.14. The van der Waals surface area contributed by atoms with Gasteiger partial charge in [-0.2, -0.15) is 0 Å². The second-order valence-corrected chi connectivity index (χ2v) is 9.32. The second-order valence-electron chi connectivity index (χ2n) is 7.41. The number of carbonyl (C=O) groups is 1. The number of nitrogens with one attached hydrogen (secondary N) is 1. The van der Waals surface area contributed by atoms with E-state index in [1.54, 1.807) is 18.2 Å². The van der Waals surface area contributed by atoms with Gasteiger partial charge in [0.1, 0.15) is 5.69 Å². The molecule has 1 N–H and O–H groups in total. The maximum Gasteiger partial charge on any atom is 0.251 e. The van der Waals surface area contributed by atoms with E-state index in [2.05, 4.69) is 5.32 Å². The van der Waals surface area contributed by atoms with E-state index in [-0.39, 0.29) is 19.0 Å². The first-order chi connectivity index (χ1) is 16.1. The van der Waals surface area contributed by atoms with Gasteiger partial charge in [0.25, 0.3) is 5.91 Å². The molecule has 10 heteroatoms. The summed E-state index contributed by atoms with van der Waals surface area (Å²) in [6.07, 6.45) is 0.870. The third kappa shape index (κ3) is 5.82. The van der Waals surface area contributed by atoms with E-state index < -0.39 is 27.3 Å². The van der Waals surface area contributed by atoms with E-state index in [0.717, 1.165) is 30.0 Å². The Morgan fingerprint density at radius 3 is 2.06 bits per heavy atom. The summed E-state index contributed by atoms with van der Waals surface area (Å²) in [5.74, 6) is -1.21. The third-order valence-electron chi connectivity index (χ3n) is 5.03. The number of carbonyl (C=O) groups excluding carboxylic acids is 1. The van der Waals surface area contributed by atoms with Gasteiger partial charge in [-0.1, -0.05) is 24.3 Å². The number of halogens is 2. The first-order valence-electron chi connectivity index (χ1n) is 10.1. The Balaban J connectivity index is 1.72. The van der Waals surface area contributed by atoms with Crippen molar-refractivity contribution in [3.8, 4) is 11.5 Å². The van der Waals surface area contributed by atoms with Crippen LogP contribution < -0.4 is 19.1 Å². The lowest BCUT2D eigenvalue weighted by molar-refractivity contribution is 0.0951. The molecule has 0 aliphatic carbocycles. The van der Waals surface area contributed by atoms with Gasteiger partial charge in [-0.25, -0.2) is 17.2 Å². The van der Waals surface area contributed by atoms with E-state index in [1.807, 2.05) is 0 Å². The van der Waals surface area contributed by atoms with E-state index in [9.17, 15) is 22.0 Å². The zero-order valence-electron chi connectivity index (χ0n) is 18.8. The molecule has 0 saturated heterocycles. The van der Waals surface area contributed by atoms with Crippen molar-refractivity contribution < 1.29 is 31.5 Å². The van der Waals surface area contributed by atoms with Gasteiger partial charge in [-0.05, 0) is 47.5 Å². The molecule has 7 nitrogen and oxygen atoms in total. The lowest BCUT2D eigenvalue weighted by Gasteiger charge is -2.23. The highest BCUT2D eigenvalue weighted by Gasteiger charge is 2.24. The van der Waals surface area contributed by atoms with Crippen LogP contribution in [0.5, 0.6) is 11.5 Å². The summed E-state index contributed by atoms with van der Waals surface area (Å²) in [5.41, 5.74) is 0.941. The predicted molar refractivity (Wildman–Crippen MR) is 125 cm³/mol. The van der Waals surface area contributed by atoms with Crippen molar-refractivity contribution in [2.45, 2.75) is 13.1 Å². The van der Waals surface area contributed by atoms with Crippen LogP contribution in [0.25, 0.3) is 0 Å². The van der Waals surface area contributed by atoms with Crippen LogP contribution >= 0.6 is 0 Å². The van der Waals surface area contributed by atoms with Gasteiger partial charge in [0, 0.05) is 12.1 Å². The molecule has 0 bridgehead atoms. The summed E-state index contributed by atoms with van der Waals surface area (Å²) in [7, 11) is -0.929. The van der Waals surface area contributed by atoms with Crippen LogP contribution in [-0.2, 0) is 23.1 Å². The fourth-order valence-corrected chi connectivity index (χ4v) is 4.18. The Hall–Kier alpha value is -3.66. The number of rotatable bonds is 9. The van der Waals surface area contributed by atoms with Crippen LogP contribution in [0.1, 0.15) is 21.5 Å². The van der Waals surface area contributed by atoms with Crippen LogP contribution in [0.2, 0.25) is 0 Å². The number of para-hydroxylation sites is 1. The lowest BCUT2D eigenvalue weighted by atomic mass is 10.1. The maximum absolute atomic E-state index is 14.2. The van der Waals surface area contributed by atoms with Crippen molar-refractivity contribution in [2.75, 3.05) is 24.8 Å². The van der Waals surface area contributed by atoms with Crippen LogP contribution in [0, 0.1) is 11.6 Å². The first-order valence-corrected chi connectivity index (χ1v) is 12.0. The van der Waals surface area contributed by atoms with Crippen LogP contribution in [0.15, 0.2) is 60.7 Å². The molecule has 3 aromatic carbocycles. The molecule has 180 valence electrons. The summed E-state index contributed by atoms with van der Waals surface area (Å²) in [6, 6.07) is 14.5. The van der Waals surface area contributed by atoms with Crippen LogP contribution in [-0.4, -0.2) is 34.8 Å². The Bertz CT molecular complexity index is 1260. The summed E-state index contributed by atoms with van der Waals surface area (Å²) in [5, 5.41) is 2.79. The Morgan fingerprint density at radius 1 is 0.912 bits per heavy atom. The van der Waals surface area contributed by atoms with E-state index in [0.29, 0.717) is 26.9 Å². The van der Waals surface area contributed by atoms with Crippen molar-refractivity contribution in [3.05, 3.63) is 89.0 Å². The summed E-state index contributed by atoms with van der Waals surface area (Å²) in [6.45, 7) is -0.0560. The summed E-state index contributed by atoms with van der Waals surface area (Å²) < 4.78 is 64.0. The zero-order chi connectivity index (χ0) is 24.9. The minimum Gasteiger partial charge on any atom is -0.493 e. The zero-order valence-corrected chi connectivity index (χ0v) is 19.7. The Labute approximate surface area is 197 Å². The van der Waals surface area contributed by atoms with E-state index in [1.165, 1.54) is 38.5 Å². The number of ether oxygens (including phenoxy) is 2. The van der Waals surface area contributed by atoms with Crippen molar-refractivity contribution in [1.29, 1.82) is 0 Å². The molecular weight excluding hydrogens is 466 g/mol. The molecule has 0 aliphatic heterocycles. The first kappa shape index (κ1) is 25.0. The fraction of sp³-hybridized carbons (Fsp3) is 0.208. The largest absolute Gasteiger partial charge is 0.493 e. The number of hydrogen-bond acceptors (Lipinski definition) is 5. The monoisotopic (exact) mass is 490 g/mol. The molecule has 0 unspecified atom stereocenters. The minimum absolute atomic E-state index is 0.245. The van der Waals surface area contributed by atoms with Crippen molar-refractivity contribution in [3.63, 3.8) is 0 Å². The maximum atomic E-state index is 14.2. The van der Waals surface area contributed by atoms with Crippen molar-refractivity contribution in [2.24, 2.45) is 0 Å². The van der Waals surface area contributed by atoms with Gasteiger partial charge >= 0.3 is 0 Å². The second kappa shape index (κ2) is 10.5. The minimum atomic E-state index is -3.98. The molecule has 34 heavy (non-hydrogen) atoms. The molecule has 0 aromatic heterocycles. The van der Waals surface area contributed by atoms with Gasteiger partial charge < -0.3 is 14.8 Å². The number of anilines is 1.